The molecule has 1 aromatic heterocycles. The highest BCUT2D eigenvalue weighted by Gasteiger charge is 2.39. The van der Waals surface area contributed by atoms with Gasteiger partial charge in [0.2, 0.25) is 0 Å². The highest BCUT2D eigenvalue weighted by Crippen LogP contribution is 2.42. The summed E-state index contributed by atoms with van der Waals surface area (Å²) in [6, 6.07) is 3.21. The van der Waals surface area contributed by atoms with Gasteiger partial charge in [0, 0.05) is 68.3 Å². The molecule has 0 spiro atoms. The van der Waals surface area contributed by atoms with Gasteiger partial charge in [-0.25, -0.2) is 4.39 Å². The minimum Gasteiger partial charge on any atom is -0.379 e. The van der Waals surface area contributed by atoms with E-state index in [1.54, 1.807) is 0 Å². The quantitative estimate of drug-likeness (QED) is 0.447. The zero-order valence-electron chi connectivity index (χ0n) is 24.0. The lowest BCUT2D eigenvalue weighted by Gasteiger charge is -2.37. The predicted molar refractivity (Wildman–Crippen MR) is 155 cm³/mol. The van der Waals surface area contributed by atoms with Crippen molar-refractivity contribution in [3.8, 4) is 0 Å². The van der Waals surface area contributed by atoms with Crippen LogP contribution < -0.4 is 10.2 Å². The Morgan fingerprint density at radius 3 is 2.76 bits per heavy atom. The van der Waals surface area contributed by atoms with Crippen molar-refractivity contribution in [2.45, 2.75) is 65.0 Å². The Labute approximate surface area is 228 Å². The standard InChI is InChI=1S/C31H46FN5O/c1-8-25(11-10-22(3)32)14-26-15-29-30(34-28(26)9-2)31(6,7)20-37(29)23(4)17-36-21-33-16-27(36)18-35-12-13-38-19-24(35)5/h8,10-11,15,24,27,33H,3-4,9,12-14,16-21H2,1-2,5-7H3/b11-10-,25-8+. The summed E-state index contributed by atoms with van der Waals surface area (Å²) in [4.78, 5) is 12.7. The number of aromatic nitrogens is 1. The number of morpholine rings is 1. The Hall–Kier alpha value is -2.32. The molecule has 4 rings (SSSR count). The van der Waals surface area contributed by atoms with Crippen molar-refractivity contribution in [2.75, 3.05) is 57.5 Å². The molecule has 7 heteroatoms. The van der Waals surface area contributed by atoms with E-state index in [1.165, 1.54) is 11.6 Å². The first kappa shape index (κ1) is 28.7. The van der Waals surface area contributed by atoms with Crippen molar-refractivity contribution in [3.63, 3.8) is 0 Å². The average molecular weight is 524 g/mol. The molecule has 2 saturated heterocycles. The van der Waals surface area contributed by atoms with E-state index in [0.29, 0.717) is 18.5 Å². The van der Waals surface area contributed by atoms with E-state index < -0.39 is 5.83 Å². The second-order valence-corrected chi connectivity index (χ2v) is 11.6. The summed E-state index contributed by atoms with van der Waals surface area (Å²) in [6.45, 7) is 26.1. The van der Waals surface area contributed by atoms with Gasteiger partial charge >= 0.3 is 0 Å². The molecule has 3 aliphatic heterocycles. The summed E-state index contributed by atoms with van der Waals surface area (Å²) in [7, 11) is 0. The lowest BCUT2D eigenvalue weighted by molar-refractivity contribution is -0.00872. The summed E-state index contributed by atoms with van der Waals surface area (Å²) >= 11 is 0. The Kier molecular flexibility index (Phi) is 9.24. The van der Waals surface area contributed by atoms with Gasteiger partial charge in [-0.3, -0.25) is 14.8 Å². The SMILES string of the molecule is C=C(F)/C=C\C(=C/C)Cc1cc2c(nc1CC)C(C)(C)CN2C(=C)CN1CNCC1CN1CCOCC1C. The molecule has 2 unspecified atom stereocenters. The molecule has 208 valence electrons. The van der Waals surface area contributed by atoms with Crippen molar-refractivity contribution >= 4 is 5.69 Å². The molecule has 6 nitrogen and oxygen atoms in total. The minimum absolute atomic E-state index is 0.0675. The van der Waals surface area contributed by atoms with Gasteiger partial charge in [-0.1, -0.05) is 46.1 Å². The highest BCUT2D eigenvalue weighted by atomic mass is 19.1. The number of allylic oxidation sites excluding steroid dienone is 5. The number of nitrogens with one attached hydrogen (secondary N) is 1. The maximum atomic E-state index is 13.3. The van der Waals surface area contributed by atoms with E-state index in [4.69, 9.17) is 9.72 Å². The number of hydrogen-bond donors (Lipinski definition) is 1. The second kappa shape index (κ2) is 12.2. The van der Waals surface area contributed by atoms with Crippen LogP contribution in [0.25, 0.3) is 0 Å². The number of ether oxygens (including phenoxy) is 1. The fourth-order valence-electron chi connectivity index (χ4n) is 5.88. The number of nitrogens with zero attached hydrogens (tertiary/aromatic N) is 4. The largest absolute Gasteiger partial charge is 0.379 e. The molecule has 3 aliphatic rings. The Bertz CT molecular complexity index is 1090. The summed E-state index contributed by atoms with van der Waals surface area (Å²) < 4.78 is 18.9. The summed E-state index contributed by atoms with van der Waals surface area (Å²) in [5.74, 6) is -0.436. The molecule has 1 N–H and O–H groups in total. The van der Waals surface area contributed by atoms with E-state index in [2.05, 4.69) is 66.9 Å². The van der Waals surface area contributed by atoms with Crippen LogP contribution in [0, 0.1) is 0 Å². The monoisotopic (exact) mass is 523 g/mol. The molecule has 38 heavy (non-hydrogen) atoms. The molecule has 0 saturated carbocycles. The number of rotatable bonds is 10. The Balaban J connectivity index is 1.54. The molecule has 0 radical (unpaired) electrons. The normalized spacial score (nSPS) is 24.4. The maximum Gasteiger partial charge on any atom is 0.116 e. The van der Waals surface area contributed by atoms with Gasteiger partial charge in [0.25, 0.3) is 0 Å². The first-order valence-electron chi connectivity index (χ1n) is 14.1. The lowest BCUT2D eigenvalue weighted by Crippen LogP contribution is -2.50. The third kappa shape index (κ3) is 6.45. The molecular weight excluding hydrogens is 477 g/mol. The summed E-state index contributed by atoms with van der Waals surface area (Å²) in [5.41, 5.74) is 6.69. The Morgan fingerprint density at radius 2 is 2.08 bits per heavy atom. The number of aryl methyl sites for hydroxylation is 1. The van der Waals surface area contributed by atoms with Crippen LogP contribution in [-0.4, -0.2) is 79.5 Å². The number of pyridine rings is 1. The predicted octanol–water partition coefficient (Wildman–Crippen LogP) is 4.74. The van der Waals surface area contributed by atoms with Gasteiger partial charge in [0.05, 0.1) is 24.6 Å². The number of fused-ring (bicyclic) bond motifs is 1. The molecule has 2 fully saturated rings. The van der Waals surface area contributed by atoms with Gasteiger partial charge in [0.15, 0.2) is 0 Å². The van der Waals surface area contributed by atoms with Crippen molar-refractivity contribution < 1.29 is 9.13 Å². The van der Waals surface area contributed by atoms with E-state index >= 15 is 0 Å². The molecular formula is C31H46FN5O. The molecule has 0 aliphatic carbocycles. The van der Waals surface area contributed by atoms with Crippen LogP contribution in [0.2, 0.25) is 0 Å². The number of anilines is 1. The zero-order chi connectivity index (χ0) is 27.4. The second-order valence-electron chi connectivity index (χ2n) is 11.6. The topological polar surface area (TPSA) is 43.9 Å². The molecule has 2 atom stereocenters. The van der Waals surface area contributed by atoms with Gasteiger partial charge in [-0.2, -0.15) is 0 Å². The number of hydrogen-bond acceptors (Lipinski definition) is 6. The average Bonchev–Trinajstić information content (AvgIpc) is 3.42. The van der Waals surface area contributed by atoms with Crippen LogP contribution in [-0.2, 0) is 23.0 Å². The molecule has 0 bridgehead atoms. The first-order valence-corrected chi connectivity index (χ1v) is 14.1. The Morgan fingerprint density at radius 1 is 1.29 bits per heavy atom. The van der Waals surface area contributed by atoms with Gasteiger partial charge in [0.1, 0.15) is 5.83 Å². The lowest BCUT2D eigenvalue weighted by atomic mass is 9.90. The third-order valence-corrected chi connectivity index (χ3v) is 8.16. The third-order valence-electron chi connectivity index (χ3n) is 8.16. The van der Waals surface area contributed by atoms with E-state index in [0.717, 1.165) is 87.4 Å². The zero-order valence-corrected chi connectivity index (χ0v) is 24.0. The fourth-order valence-corrected chi connectivity index (χ4v) is 5.88. The van der Waals surface area contributed by atoms with Crippen LogP contribution >= 0.6 is 0 Å². The maximum absolute atomic E-state index is 13.3. The summed E-state index contributed by atoms with van der Waals surface area (Å²) in [5, 5.41) is 3.58. The van der Waals surface area contributed by atoms with Gasteiger partial charge in [-0.05, 0) is 50.0 Å². The minimum atomic E-state index is -0.436. The van der Waals surface area contributed by atoms with Crippen LogP contribution in [0.1, 0.15) is 51.6 Å². The van der Waals surface area contributed by atoms with Crippen LogP contribution in [0.15, 0.2) is 54.5 Å². The number of halogens is 1. The van der Waals surface area contributed by atoms with Gasteiger partial charge in [-0.15, -0.1) is 0 Å². The molecule has 0 amide bonds. The first-order chi connectivity index (χ1) is 18.1. The van der Waals surface area contributed by atoms with Crippen molar-refractivity contribution in [2.24, 2.45) is 0 Å². The van der Waals surface area contributed by atoms with Crippen molar-refractivity contribution in [1.82, 2.24) is 20.1 Å². The molecule has 4 heterocycles. The van der Waals surface area contributed by atoms with E-state index in [-0.39, 0.29) is 5.41 Å². The van der Waals surface area contributed by atoms with Gasteiger partial charge < -0.3 is 15.0 Å². The van der Waals surface area contributed by atoms with Crippen LogP contribution in [0.5, 0.6) is 0 Å². The smallest absolute Gasteiger partial charge is 0.116 e. The van der Waals surface area contributed by atoms with E-state index in [1.807, 2.05) is 19.1 Å². The summed E-state index contributed by atoms with van der Waals surface area (Å²) in [6.07, 6.45) is 6.84. The van der Waals surface area contributed by atoms with Crippen molar-refractivity contribution in [3.05, 3.63) is 71.5 Å². The fraction of sp³-hybridized carbons (Fsp3) is 0.581. The highest BCUT2D eigenvalue weighted by molar-refractivity contribution is 5.65. The molecule has 0 aromatic carbocycles. The molecule has 1 aromatic rings. The van der Waals surface area contributed by atoms with Crippen LogP contribution in [0.3, 0.4) is 0 Å². The van der Waals surface area contributed by atoms with E-state index in [9.17, 15) is 4.39 Å². The van der Waals surface area contributed by atoms with Crippen molar-refractivity contribution in [1.29, 1.82) is 0 Å². The van der Waals surface area contributed by atoms with Crippen LogP contribution in [0.4, 0.5) is 10.1 Å².